The van der Waals surface area contributed by atoms with E-state index >= 15 is 0 Å². The number of aromatic nitrogens is 2. The Morgan fingerprint density at radius 3 is 2.89 bits per heavy atom. The van der Waals surface area contributed by atoms with Crippen LogP contribution >= 0.6 is 15.9 Å². The van der Waals surface area contributed by atoms with E-state index in [1.165, 1.54) is 18.9 Å². The Balaban J connectivity index is 2.09. The van der Waals surface area contributed by atoms with E-state index in [0.29, 0.717) is 16.5 Å². The highest BCUT2D eigenvalue weighted by molar-refractivity contribution is 9.10. The van der Waals surface area contributed by atoms with Gasteiger partial charge >= 0.3 is 0 Å². The molecule has 1 fully saturated rings. The molecule has 1 aliphatic rings. The van der Waals surface area contributed by atoms with Gasteiger partial charge in [0, 0.05) is 12.1 Å². The van der Waals surface area contributed by atoms with E-state index in [1.54, 1.807) is 6.07 Å². The van der Waals surface area contributed by atoms with Crippen molar-refractivity contribution in [1.29, 1.82) is 0 Å². The van der Waals surface area contributed by atoms with Gasteiger partial charge in [-0.2, -0.15) is 0 Å². The molecule has 1 aromatic carbocycles. The summed E-state index contributed by atoms with van der Waals surface area (Å²) in [6.45, 7) is 2.15. The minimum atomic E-state index is -0.269. The van der Waals surface area contributed by atoms with E-state index in [1.807, 2.05) is 4.57 Å². The number of halogens is 2. The van der Waals surface area contributed by atoms with Crippen molar-refractivity contribution in [3.8, 4) is 0 Å². The SMILES string of the molecule is CCC(CC1CC1)n1c(N)nc2cc(Br)c(F)cc21. The number of rotatable bonds is 4. The lowest BCUT2D eigenvalue weighted by Gasteiger charge is -2.19. The number of hydrogen-bond acceptors (Lipinski definition) is 2. The Bertz CT molecular complexity index is 619. The molecule has 19 heavy (non-hydrogen) atoms. The van der Waals surface area contributed by atoms with Gasteiger partial charge in [-0.25, -0.2) is 9.37 Å². The molecule has 102 valence electrons. The monoisotopic (exact) mass is 325 g/mol. The Hall–Kier alpha value is -1.10. The summed E-state index contributed by atoms with van der Waals surface area (Å²) in [4.78, 5) is 4.36. The summed E-state index contributed by atoms with van der Waals surface area (Å²) in [5.74, 6) is 1.03. The summed E-state index contributed by atoms with van der Waals surface area (Å²) in [6, 6.07) is 3.54. The highest BCUT2D eigenvalue weighted by Crippen LogP contribution is 2.40. The second-order valence-corrected chi connectivity index (χ2v) is 6.19. The number of nitrogens with two attached hydrogens (primary N) is 1. The molecule has 3 nitrogen and oxygen atoms in total. The van der Waals surface area contributed by atoms with Crippen molar-refractivity contribution < 1.29 is 4.39 Å². The third-order valence-electron chi connectivity index (χ3n) is 3.90. The fourth-order valence-electron chi connectivity index (χ4n) is 2.69. The quantitative estimate of drug-likeness (QED) is 0.912. The molecule has 1 heterocycles. The van der Waals surface area contributed by atoms with Crippen LogP contribution in [0.2, 0.25) is 0 Å². The summed E-state index contributed by atoms with van der Waals surface area (Å²) < 4.78 is 16.2. The molecule has 0 spiro atoms. The predicted octanol–water partition coefficient (Wildman–Crippen LogP) is 4.27. The van der Waals surface area contributed by atoms with Crippen LogP contribution in [-0.4, -0.2) is 9.55 Å². The molecule has 1 aromatic heterocycles. The summed E-state index contributed by atoms with van der Waals surface area (Å²) in [5.41, 5.74) is 7.59. The van der Waals surface area contributed by atoms with Crippen molar-refractivity contribution in [3.05, 3.63) is 22.4 Å². The Labute approximate surface area is 120 Å². The summed E-state index contributed by atoms with van der Waals surface area (Å²) in [7, 11) is 0. The molecule has 1 unspecified atom stereocenters. The highest BCUT2D eigenvalue weighted by atomic mass is 79.9. The molecule has 2 aromatic rings. The maximum atomic E-state index is 13.8. The van der Waals surface area contributed by atoms with Crippen LogP contribution in [-0.2, 0) is 0 Å². The van der Waals surface area contributed by atoms with Crippen molar-refractivity contribution in [2.24, 2.45) is 5.92 Å². The summed E-state index contributed by atoms with van der Waals surface area (Å²) in [6.07, 6.45) is 4.72. The number of benzene rings is 1. The van der Waals surface area contributed by atoms with Crippen molar-refractivity contribution >= 4 is 32.9 Å². The van der Waals surface area contributed by atoms with Gasteiger partial charge in [-0.15, -0.1) is 0 Å². The maximum Gasteiger partial charge on any atom is 0.201 e. The van der Waals surface area contributed by atoms with Crippen molar-refractivity contribution in [2.45, 2.75) is 38.6 Å². The lowest BCUT2D eigenvalue weighted by Crippen LogP contribution is -2.12. The fourth-order valence-corrected chi connectivity index (χ4v) is 3.02. The molecule has 0 saturated heterocycles. The van der Waals surface area contributed by atoms with Crippen LogP contribution in [0, 0.1) is 11.7 Å². The molecule has 0 radical (unpaired) electrons. The van der Waals surface area contributed by atoms with Gasteiger partial charge in [0.15, 0.2) is 0 Å². The van der Waals surface area contributed by atoms with Crippen molar-refractivity contribution in [2.75, 3.05) is 5.73 Å². The average molecular weight is 326 g/mol. The first-order chi connectivity index (χ1) is 9.10. The van der Waals surface area contributed by atoms with Crippen LogP contribution in [0.25, 0.3) is 11.0 Å². The maximum absolute atomic E-state index is 13.8. The second kappa shape index (κ2) is 4.78. The summed E-state index contributed by atoms with van der Waals surface area (Å²) >= 11 is 3.19. The van der Waals surface area contributed by atoms with Gasteiger partial charge in [-0.3, -0.25) is 0 Å². The molecule has 1 atom stereocenters. The normalized spacial score (nSPS) is 17.0. The molecule has 0 amide bonds. The summed E-state index contributed by atoms with van der Waals surface area (Å²) in [5, 5.41) is 0. The molecular formula is C14H17BrFN3. The third kappa shape index (κ3) is 2.36. The number of imidazole rings is 1. The molecule has 1 saturated carbocycles. The average Bonchev–Trinajstić information content (AvgIpc) is 3.13. The van der Waals surface area contributed by atoms with Crippen LogP contribution in [0.15, 0.2) is 16.6 Å². The van der Waals surface area contributed by atoms with Crippen LogP contribution in [0.5, 0.6) is 0 Å². The van der Waals surface area contributed by atoms with Gasteiger partial charge in [-0.05, 0) is 40.8 Å². The van der Waals surface area contributed by atoms with Crippen LogP contribution in [0.4, 0.5) is 10.3 Å². The van der Waals surface area contributed by atoms with Crippen LogP contribution in [0.1, 0.15) is 38.6 Å². The molecule has 5 heteroatoms. The standard InChI is InChI=1S/C14H17BrFN3/c1-2-9(5-8-3-4-8)19-13-7-11(16)10(15)6-12(13)18-14(19)17/h6-9H,2-5H2,1H3,(H2,17,18). The van der Waals surface area contributed by atoms with Crippen molar-refractivity contribution in [3.63, 3.8) is 0 Å². The van der Waals surface area contributed by atoms with E-state index in [2.05, 4.69) is 27.8 Å². The molecule has 1 aliphatic carbocycles. The van der Waals surface area contributed by atoms with E-state index < -0.39 is 0 Å². The zero-order valence-electron chi connectivity index (χ0n) is 10.9. The Morgan fingerprint density at radius 1 is 1.53 bits per heavy atom. The lowest BCUT2D eigenvalue weighted by atomic mass is 10.1. The molecule has 0 aliphatic heterocycles. The number of nitrogen functional groups attached to an aromatic ring is 1. The molecule has 3 rings (SSSR count). The van der Waals surface area contributed by atoms with E-state index in [-0.39, 0.29) is 5.82 Å². The van der Waals surface area contributed by atoms with E-state index in [4.69, 9.17) is 5.73 Å². The van der Waals surface area contributed by atoms with Crippen molar-refractivity contribution in [1.82, 2.24) is 9.55 Å². The topological polar surface area (TPSA) is 43.8 Å². The molecular weight excluding hydrogens is 309 g/mol. The van der Waals surface area contributed by atoms with Crippen LogP contribution in [0.3, 0.4) is 0 Å². The lowest BCUT2D eigenvalue weighted by molar-refractivity contribution is 0.442. The van der Waals surface area contributed by atoms with Gasteiger partial charge in [0.1, 0.15) is 5.82 Å². The van der Waals surface area contributed by atoms with E-state index in [9.17, 15) is 4.39 Å². The molecule has 2 N–H and O–H groups in total. The number of nitrogens with zero attached hydrogens (tertiary/aromatic N) is 2. The number of anilines is 1. The first kappa shape index (κ1) is 12.9. The Morgan fingerprint density at radius 2 is 2.26 bits per heavy atom. The largest absolute Gasteiger partial charge is 0.369 e. The van der Waals surface area contributed by atoms with Gasteiger partial charge < -0.3 is 10.3 Å². The smallest absolute Gasteiger partial charge is 0.201 e. The number of hydrogen-bond donors (Lipinski definition) is 1. The fraction of sp³-hybridized carbons (Fsp3) is 0.500. The third-order valence-corrected chi connectivity index (χ3v) is 4.51. The zero-order chi connectivity index (χ0) is 13.6. The minimum absolute atomic E-state index is 0.269. The predicted molar refractivity (Wildman–Crippen MR) is 78.5 cm³/mol. The van der Waals surface area contributed by atoms with Gasteiger partial charge in [-0.1, -0.05) is 19.8 Å². The highest BCUT2D eigenvalue weighted by Gasteiger charge is 2.27. The zero-order valence-corrected chi connectivity index (χ0v) is 12.5. The van der Waals surface area contributed by atoms with Gasteiger partial charge in [0.25, 0.3) is 0 Å². The van der Waals surface area contributed by atoms with Gasteiger partial charge in [0.05, 0.1) is 15.5 Å². The van der Waals surface area contributed by atoms with Crippen LogP contribution < -0.4 is 5.73 Å². The second-order valence-electron chi connectivity index (χ2n) is 5.34. The first-order valence-electron chi connectivity index (χ1n) is 6.72. The first-order valence-corrected chi connectivity index (χ1v) is 7.52. The Kier molecular flexibility index (Phi) is 3.25. The molecule has 0 bridgehead atoms. The van der Waals surface area contributed by atoms with E-state index in [0.717, 1.165) is 29.8 Å². The minimum Gasteiger partial charge on any atom is -0.369 e. The number of fused-ring (bicyclic) bond motifs is 1. The van der Waals surface area contributed by atoms with Gasteiger partial charge in [0.2, 0.25) is 5.95 Å².